The molecular weight excluding hydrogens is 436 g/mol. The number of anilines is 1. The zero-order chi connectivity index (χ0) is 16.3. The number of aliphatic hydroxyl groups is 1. The standard InChI is InChI=1S/C14H16Br2N2O3S/c1-2-21-12(19)14(20)10-5-3-4-6-11(10)17-13(22)18(14)8-9(16)7-15/h3-6,9,20H,2,7-8H2,1H3,(H,17,22)/t9-,14-/m1/s1. The average molecular weight is 452 g/mol. The Balaban J connectivity index is 2.52. The van der Waals surface area contributed by atoms with E-state index >= 15 is 0 Å². The lowest BCUT2D eigenvalue weighted by Gasteiger charge is -2.44. The third-order valence-electron chi connectivity index (χ3n) is 3.29. The lowest BCUT2D eigenvalue weighted by atomic mass is 9.96. The smallest absolute Gasteiger partial charge is 0.365 e. The summed E-state index contributed by atoms with van der Waals surface area (Å²) in [5.41, 5.74) is -0.913. The Morgan fingerprint density at radius 2 is 2.23 bits per heavy atom. The highest BCUT2D eigenvalue weighted by molar-refractivity contribution is 9.12. The molecule has 2 N–H and O–H groups in total. The van der Waals surface area contributed by atoms with Crippen molar-refractivity contribution in [3.8, 4) is 0 Å². The molecule has 8 heteroatoms. The molecule has 0 bridgehead atoms. The highest BCUT2D eigenvalue weighted by Gasteiger charge is 2.51. The van der Waals surface area contributed by atoms with Crippen LogP contribution in [0.25, 0.3) is 0 Å². The van der Waals surface area contributed by atoms with Crippen molar-refractivity contribution < 1.29 is 14.6 Å². The van der Waals surface area contributed by atoms with Crippen molar-refractivity contribution >= 4 is 60.8 Å². The van der Waals surface area contributed by atoms with Crippen LogP contribution in [0.1, 0.15) is 12.5 Å². The van der Waals surface area contributed by atoms with Gasteiger partial charge in [0, 0.05) is 28.0 Å². The van der Waals surface area contributed by atoms with Gasteiger partial charge in [0.15, 0.2) is 5.11 Å². The summed E-state index contributed by atoms with van der Waals surface area (Å²) >= 11 is 12.2. The number of carbonyl (C=O) groups excluding carboxylic acids is 1. The second-order valence-electron chi connectivity index (χ2n) is 4.73. The number of alkyl halides is 2. The summed E-state index contributed by atoms with van der Waals surface area (Å²) < 4.78 is 5.09. The highest BCUT2D eigenvalue weighted by Crippen LogP contribution is 2.38. The molecule has 0 spiro atoms. The van der Waals surface area contributed by atoms with Crippen LogP contribution in [-0.4, -0.2) is 44.4 Å². The van der Waals surface area contributed by atoms with Crippen molar-refractivity contribution in [2.75, 3.05) is 23.8 Å². The molecule has 5 nitrogen and oxygen atoms in total. The number of rotatable bonds is 5. The van der Waals surface area contributed by atoms with Crippen LogP contribution in [0, 0.1) is 0 Å². The molecular formula is C14H16Br2N2O3S. The minimum absolute atomic E-state index is 0.00142. The van der Waals surface area contributed by atoms with Crippen LogP contribution in [0.4, 0.5) is 5.69 Å². The van der Waals surface area contributed by atoms with Gasteiger partial charge in [0.1, 0.15) is 0 Å². The van der Waals surface area contributed by atoms with Gasteiger partial charge in [0.25, 0.3) is 5.72 Å². The number of carbonyl (C=O) groups is 1. The number of nitrogens with zero attached hydrogens (tertiary/aromatic N) is 1. The lowest BCUT2D eigenvalue weighted by Crippen LogP contribution is -2.60. The van der Waals surface area contributed by atoms with Gasteiger partial charge in [-0.25, -0.2) is 4.79 Å². The molecule has 0 fully saturated rings. The van der Waals surface area contributed by atoms with Crippen LogP contribution >= 0.6 is 44.1 Å². The van der Waals surface area contributed by atoms with Crippen LogP contribution in [0.15, 0.2) is 24.3 Å². The van der Waals surface area contributed by atoms with E-state index in [4.69, 9.17) is 17.0 Å². The summed E-state index contributed by atoms with van der Waals surface area (Å²) in [7, 11) is 0. The molecule has 2 rings (SSSR count). The molecule has 0 aliphatic carbocycles. The molecule has 0 amide bonds. The number of thiocarbonyl (C=S) groups is 1. The van der Waals surface area contributed by atoms with Crippen molar-refractivity contribution in [3.05, 3.63) is 29.8 Å². The number of hydrogen-bond acceptors (Lipinski definition) is 4. The number of fused-ring (bicyclic) bond motifs is 1. The number of esters is 1. The number of benzene rings is 1. The summed E-state index contributed by atoms with van der Waals surface area (Å²) in [6, 6.07) is 7.01. The van der Waals surface area contributed by atoms with Gasteiger partial charge < -0.3 is 20.1 Å². The number of hydrogen-bond donors (Lipinski definition) is 2. The van der Waals surface area contributed by atoms with Crippen LogP contribution in [0.5, 0.6) is 0 Å². The fourth-order valence-electron chi connectivity index (χ4n) is 2.28. The maximum atomic E-state index is 12.5. The Kier molecular flexibility index (Phi) is 5.81. The van der Waals surface area contributed by atoms with Crippen molar-refractivity contribution in [2.45, 2.75) is 17.5 Å². The summed E-state index contributed by atoms with van der Waals surface area (Å²) in [6.07, 6.45) is 0. The van der Waals surface area contributed by atoms with Crippen molar-refractivity contribution in [2.24, 2.45) is 0 Å². The van der Waals surface area contributed by atoms with Crippen LogP contribution in [-0.2, 0) is 15.3 Å². The topological polar surface area (TPSA) is 61.8 Å². The van der Waals surface area contributed by atoms with Gasteiger partial charge in [-0.05, 0) is 25.2 Å². The van der Waals surface area contributed by atoms with Crippen molar-refractivity contribution in [1.82, 2.24) is 4.90 Å². The molecule has 0 radical (unpaired) electrons. The SMILES string of the molecule is CCOC(=O)[C@]1(O)c2ccccc2NC(=S)N1C[C@H](Br)CBr. The first-order chi connectivity index (χ1) is 10.4. The Morgan fingerprint density at radius 1 is 1.55 bits per heavy atom. The Labute approximate surface area is 151 Å². The van der Waals surface area contributed by atoms with Crippen molar-refractivity contribution in [3.63, 3.8) is 0 Å². The second-order valence-corrected chi connectivity index (χ2v) is 7.06. The van der Waals surface area contributed by atoms with Gasteiger partial charge >= 0.3 is 5.97 Å². The third-order valence-corrected chi connectivity index (χ3v) is 5.87. The second kappa shape index (κ2) is 7.25. The molecule has 22 heavy (non-hydrogen) atoms. The highest BCUT2D eigenvalue weighted by atomic mass is 79.9. The minimum atomic E-state index is -1.94. The predicted octanol–water partition coefficient (Wildman–Crippen LogP) is 2.57. The van der Waals surface area contributed by atoms with Gasteiger partial charge in [0.05, 0.1) is 6.61 Å². The van der Waals surface area contributed by atoms with Crippen LogP contribution < -0.4 is 5.32 Å². The Morgan fingerprint density at radius 3 is 2.86 bits per heavy atom. The van der Waals surface area contributed by atoms with E-state index in [1.54, 1.807) is 31.2 Å². The van der Waals surface area contributed by atoms with Gasteiger partial charge in [-0.15, -0.1) is 0 Å². The zero-order valence-corrected chi connectivity index (χ0v) is 15.9. The summed E-state index contributed by atoms with van der Waals surface area (Å²) in [5, 5.41) is 15.2. The number of nitrogens with one attached hydrogen (secondary N) is 1. The van der Waals surface area contributed by atoms with Crippen molar-refractivity contribution in [1.29, 1.82) is 0 Å². The molecule has 1 aromatic carbocycles. The molecule has 2 atom stereocenters. The third kappa shape index (κ3) is 3.15. The maximum Gasteiger partial charge on any atom is 0.365 e. The zero-order valence-electron chi connectivity index (χ0n) is 11.9. The van der Waals surface area contributed by atoms with Gasteiger partial charge in [-0.2, -0.15) is 0 Å². The first-order valence-corrected chi connectivity index (χ1v) is 9.17. The van der Waals surface area contributed by atoms with Gasteiger partial charge in [-0.3, -0.25) is 0 Å². The normalized spacial score (nSPS) is 21.8. The fraction of sp³-hybridized carbons (Fsp3) is 0.429. The molecule has 1 aliphatic rings. The summed E-state index contributed by atoms with van der Waals surface area (Å²) in [6.45, 7) is 2.21. The molecule has 0 saturated heterocycles. The number of para-hydroxylation sites is 1. The van der Waals surface area contributed by atoms with Gasteiger partial charge in [0.2, 0.25) is 0 Å². The minimum Gasteiger partial charge on any atom is -0.462 e. The number of ether oxygens (including phenoxy) is 1. The molecule has 0 saturated carbocycles. The van der Waals surface area contributed by atoms with E-state index in [0.29, 0.717) is 23.1 Å². The van der Waals surface area contributed by atoms with E-state index in [-0.39, 0.29) is 16.5 Å². The fourth-order valence-corrected chi connectivity index (χ4v) is 3.10. The number of halogens is 2. The predicted molar refractivity (Wildman–Crippen MR) is 96.4 cm³/mol. The van der Waals surface area contributed by atoms with E-state index in [0.717, 1.165) is 0 Å². The molecule has 120 valence electrons. The first-order valence-electron chi connectivity index (χ1n) is 6.72. The molecule has 1 aromatic rings. The Bertz CT molecular complexity index is 587. The largest absolute Gasteiger partial charge is 0.462 e. The molecule has 0 aromatic heterocycles. The van der Waals surface area contributed by atoms with E-state index in [1.165, 1.54) is 4.90 Å². The van der Waals surface area contributed by atoms with Gasteiger partial charge in [-0.1, -0.05) is 50.1 Å². The summed E-state index contributed by atoms with van der Waals surface area (Å²) in [4.78, 5) is 13.9. The van der Waals surface area contributed by atoms with E-state index in [9.17, 15) is 9.90 Å². The first kappa shape index (κ1) is 17.7. The maximum absolute atomic E-state index is 12.5. The quantitative estimate of drug-likeness (QED) is 0.407. The van der Waals surface area contributed by atoms with E-state index in [2.05, 4.69) is 37.2 Å². The molecule has 0 unspecified atom stereocenters. The van der Waals surface area contributed by atoms with E-state index in [1.807, 2.05) is 0 Å². The van der Waals surface area contributed by atoms with Crippen LogP contribution in [0.2, 0.25) is 0 Å². The molecule has 1 aliphatic heterocycles. The lowest BCUT2D eigenvalue weighted by molar-refractivity contribution is -0.183. The molecule has 1 heterocycles. The van der Waals surface area contributed by atoms with E-state index < -0.39 is 11.7 Å². The Hall–Kier alpha value is -0.700. The summed E-state index contributed by atoms with van der Waals surface area (Å²) in [5.74, 6) is -0.736. The average Bonchev–Trinajstić information content (AvgIpc) is 2.51. The van der Waals surface area contributed by atoms with Crippen LogP contribution in [0.3, 0.4) is 0 Å². The monoisotopic (exact) mass is 450 g/mol.